The number of anilines is 1. The molecule has 0 aliphatic carbocycles. The molecule has 1 aromatic carbocycles. The van der Waals surface area contributed by atoms with Crippen LogP contribution >= 0.6 is 0 Å². The van der Waals surface area contributed by atoms with Gasteiger partial charge in [0.1, 0.15) is 0 Å². The zero-order chi connectivity index (χ0) is 20.2. The van der Waals surface area contributed by atoms with Gasteiger partial charge in [0.05, 0.1) is 5.69 Å². The number of nitrogens with one attached hydrogen (secondary N) is 1. The van der Waals surface area contributed by atoms with Crippen molar-refractivity contribution in [1.82, 2.24) is 25.3 Å². The van der Waals surface area contributed by atoms with Crippen LogP contribution in [0.2, 0.25) is 0 Å². The minimum atomic E-state index is 0.0518. The molecule has 3 aromatic rings. The van der Waals surface area contributed by atoms with E-state index in [-0.39, 0.29) is 11.8 Å². The molecule has 1 aliphatic rings. The summed E-state index contributed by atoms with van der Waals surface area (Å²) in [5.74, 6) is 1.74. The zero-order valence-electron chi connectivity index (χ0n) is 16.9. The van der Waals surface area contributed by atoms with Crippen LogP contribution in [0.5, 0.6) is 0 Å². The summed E-state index contributed by atoms with van der Waals surface area (Å²) in [6.07, 6.45) is 3.52. The highest BCUT2D eigenvalue weighted by atomic mass is 16.1. The van der Waals surface area contributed by atoms with Crippen LogP contribution in [0.1, 0.15) is 29.7 Å². The number of carbonyl (C=O) groups is 1. The van der Waals surface area contributed by atoms with Crippen LogP contribution in [0.15, 0.2) is 48.7 Å². The summed E-state index contributed by atoms with van der Waals surface area (Å²) < 4.78 is 1.72. The average Bonchev–Trinajstić information content (AvgIpc) is 3.20. The number of rotatable bonds is 5. The smallest absolute Gasteiger partial charge is 0.223 e. The summed E-state index contributed by atoms with van der Waals surface area (Å²) in [6, 6.07) is 14.1. The third kappa shape index (κ3) is 4.62. The summed E-state index contributed by atoms with van der Waals surface area (Å²) in [4.78, 5) is 14.7. The molecule has 3 heterocycles. The van der Waals surface area contributed by atoms with E-state index >= 15 is 0 Å². The van der Waals surface area contributed by atoms with Gasteiger partial charge in [0.2, 0.25) is 5.91 Å². The van der Waals surface area contributed by atoms with Gasteiger partial charge < -0.3 is 10.2 Å². The molecule has 7 heteroatoms. The van der Waals surface area contributed by atoms with E-state index < -0.39 is 0 Å². The van der Waals surface area contributed by atoms with Crippen LogP contribution in [0.3, 0.4) is 0 Å². The van der Waals surface area contributed by atoms with Gasteiger partial charge in [0.15, 0.2) is 11.6 Å². The van der Waals surface area contributed by atoms with Crippen molar-refractivity contribution >= 4 is 11.7 Å². The molecule has 1 N–H and O–H groups in total. The second-order valence-electron chi connectivity index (χ2n) is 7.62. The first-order valence-corrected chi connectivity index (χ1v) is 10.0. The Bertz CT molecular complexity index is 956. The Morgan fingerprint density at radius 3 is 2.31 bits per heavy atom. The molecule has 1 fully saturated rings. The number of benzene rings is 1. The SMILES string of the molecule is Cc1ccc(CNC(=O)C2CCN(c3ccc(-n4ccc(C)n4)nn3)CC2)cc1. The first kappa shape index (κ1) is 19.1. The molecule has 0 spiro atoms. The van der Waals surface area contributed by atoms with Crippen molar-refractivity contribution < 1.29 is 4.79 Å². The first-order chi connectivity index (χ1) is 14.1. The monoisotopic (exact) mass is 390 g/mol. The van der Waals surface area contributed by atoms with Gasteiger partial charge in [-0.05, 0) is 50.5 Å². The quantitative estimate of drug-likeness (QED) is 0.725. The molecular formula is C22H26N6O. The van der Waals surface area contributed by atoms with Crippen molar-refractivity contribution in [3.63, 3.8) is 0 Å². The molecular weight excluding hydrogens is 364 g/mol. The highest BCUT2D eigenvalue weighted by Crippen LogP contribution is 2.22. The van der Waals surface area contributed by atoms with Crippen LogP contribution < -0.4 is 10.2 Å². The fourth-order valence-electron chi connectivity index (χ4n) is 3.56. The molecule has 29 heavy (non-hydrogen) atoms. The van der Waals surface area contributed by atoms with E-state index in [0.29, 0.717) is 12.4 Å². The van der Waals surface area contributed by atoms with Crippen LogP contribution in [0, 0.1) is 19.8 Å². The molecule has 2 aromatic heterocycles. The molecule has 0 radical (unpaired) electrons. The highest BCUT2D eigenvalue weighted by molar-refractivity contribution is 5.79. The van der Waals surface area contributed by atoms with Crippen molar-refractivity contribution in [1.29, 1.82) is 0 Å². The molecule has 0 saturated carbocycles. The number of carbonyl (C=O) groups excluding carboxylic acids is 1. The van der Waals surface area contributed by atoms with Gasteiger partial charge in [0.25, 0.3) is 0 Å². The van der Waals surface area contributed by atoms with Crippen LogP contribution in [-0.4, -0.2) is 39.0 Å². The van der Waals surface area contributed by atoms with Crippen LogP contribution in [0.4, 0.5) is 5.82 Å². The van der Waals surface area contributed by atoms with E-state index in [1.165, 1.54) is 5.56 Å². The van der Waals surface area contributed by atoms with E-state index in [0.717, 1.165) is 43.0 Å². The fraction of sp³-hybridized carbons (Fsp3) is 0.364. The predicted molar refractivity (Wildman–Crippen MR) is 112 cm³/mol. The maximum atomic E-state index is 12.5. The Balaban J connectivity index is 1.28. The van der Waals surface area contributed by atoms with E-state index in [1.807, 2.05) is 31.3 Å². The zero-order valence-corrected chi connectivity index (χ0v) is 16.9. The molecule has 0 bridgehead atoms. The average molecular weight is 390 g/mol. The van der Waals surface area contributed by atoms with Crippen molar-refractivity contribution in [2.45, 2.75) is 33.2 Å². The van der Waals surface area contributed by atoms with Gasteiger partial charge in [-0.15, -0.1) is 10.2 Å². The number of amides is 1. The number of piperidine rings is 1. The molecule has 1 saturated heterocycles. The van der Waals surface area contributed by atoms with Crippen LogP contribution in [-0.2, 0) is 11.3 Å². The Morgan fingerprint density at radius 1 is 1.00 bits per heavy atom. The number of nitrogens with zero attached hydrogens (tertiary/aromatic N) is 5. The number of hydrogen-bond donors (Lipinski definition) is 1. The van der Waals surface area contributed by atoms with Gasteiger partial charge in [-0.3, -0.25) is 4.79 Å². The normalized spacial score (nSPS) is 14.8. The van der Waals surface area contributed by atoms with Crippen molar-refractivity contribution in [2.24, 2.45) is 5.92 Å². The predicted octanol–water partition coefficient (Wildman–Crippen LogP) is 2.81. The lowest BCUT2D eigenvalue weighted by molar-refractivity contribution is -0.125. The second-order valence-corrected chi connectivity index (χ2v) is 7.62. The lowest BCUT2D eigenvalue weighted by Gasteiger charge is -2.31. The minimum absolute atomic E-state index is 0.0518. The van der Waals surface area contributed by atoms with E-state index in [4.69, 9.17) is 0 Å². The van der Waals surface area contributed by atoms with Gasteiger partial charge >= 0.3 is 0 Å². The van der Waals surface area contributed by atoms with Crippen molar-refractivity contribution in [3.8, 4) is 5.82 Å². The molecule has 7 nitrogen and oxygen atoms in total. The summed E-state index contributed by atoms with van der Waals surface area (Å²) >= 11 is 0. The highest BCUT2D eigenvalue weighted by Gasteiger charge is 2.25. The number of hydrogen-bond acceptors (Lipinski definition) is 5. The van der Waals surface area contributed by atoms with E-state index in [2.05, 4.69) is 56.7 Å². The van der Waals surface area contributed by atoms with E-state index in [9.17, 15) is 4.79 Å². The summed E-state index contributed by atoms with van der Waals surface area (Å²) in [6.45, 7) is 6.19. The van der Waals surface area contributed by atoms with Crippen LogP contribution in [0.25, 0.3) is 5.82 Å². The van der Waals surface area contributed by atoms with Gasteiger partial charge in [-0.25, -0.2) is 4.68 Å². The molecule has 1 amide bonds. The van der Waals surface area contributed by atoms with Gasteiger partial charge in [-0.1, -0.05) is 29.8 Å². The molecule has 0 unspecified atom stereocenters. The Morgan fingerprint density at radius 2 is 1.69 bits per heavy atom. The second kappa shape index (κ2) is 8.43. The summed E-state index contributed by atoms with van der Waals surface area (Å²) in [5, 5.41) is 16.1. The lowest BCUT2D eigenvalue weighted by Crippen LogP contribution is -2.40. The minimum Gasteiger partial charge on any atom is -0.355 e. The molecule has 0 atom stereocenters. The van der Waals surface area contributed by atoms with E-state index in [1.54, 1.807) is 4.68 Å². The fourth-order valence-corrected chi connectivity index (χ4v) is 3.56. The Labute approximate surface area is 170 Å². The van der Waals surface area contributed by atoms with Gasteiger partial charge in [0, 0.05) is 31.7 Å². The number of aryl methyl sites for hydroxylation is 2. The lowest BCUT2D eigenvalue weighted by atomic mass is 9.96. The molecule has 4 rings (SSSR count). The maximum absolute atomic E-state index is 12.5. The standard InChI is InChI=1S/C22H26N6O/c1-16-3-5-18(6-4-16)15-23-22(29)19-10-12-27(13-11-19)20-7-8-21(25-24-20)28-14-9-17(2)26-28/h3-9,14,19H,10-13,15H2,1-2H3,(H,23,29). The third-order valence-electron chi connectivity index (χ3n) is 5.37. The molecule has 150 valence electrons. The Kier molecular flexibility index (Phi) is 5.55. The largest absolute Gasteiger partial charge is 0.355 e. The number of aromatic nitrogens is 4. The summed E-state index contributed by atoms with van der Waals surface area (Å²) in [5.41, 5.74) is 3.30. The third-order valence-corrected chi connectivity index (χ3v) is 5.37. The maximum Gasteiger partial charge on any atom is 0.223 e. The summed E-state index contributed by atoms with van der Waals surface area (Å²) in [7, 11) is 0. The topological polar surface area (TPSA) is 75.9 Å². The van der Waals surface area contributed by atoms with Crippen molar-refractivity contribution in [3.05, 3.63) is 65.5 Å². The first-order valence-electron chi connectivity index (χ1n) is 10.0. The molecule has 1 aliphatic heterocycles. The van der Waals surface area contributed by atoms with Crippen molar-refractivity contribution in [2.75, 3.05) is 18.0 Å². The Hall–Kier alpha value is -3.22. The van der Waals surface area contributed by atoms with Gasteiger partial charge in [-0.2, -0.15) is 5.10 Å².